The number of hydrogen-bond acceptors (Lipinski definition) is 6. The molecule has 0 aliphatic carbocycles. The van der Waals surface area contributed by atoms with Crippen molar-refractivity contribution in [2.45, 2.75) is 33.0 Å². The van der Waals surface area contributed by atoms with Gasteiger partial charge in [-0.3, -0.25) is 4.68 Å². The first kappa shape index (κ1) is 24.8. The van der Waals surface area contributed by atoms with Crippen molar-refractivity contribution < 1.29 is 31.5 Å². The lowest BCUT2D eigenvalue weighted by Gasteiger charge is -2.11. The maximum absolute atomic E-state index is 13.3. The summed E-state index contributed by atoms with van der Waals surface area (Å²) in [6.07, 6.45) is -6.11. The highest BCUT2D eigenvalue weighted by Crippen LogP contribution is 2.36. The molecule has 182 valence electrons. The number of carbonyl (C=O) groups is 1. The Hall–Kier alpha value is -3.84. The Balaban J connectivity index is 1.66. The average molecular weight is 485 g/mol. The molecule has 34 heavy (non-hydrogen) atoms. The second-order valence-electron chi connectivity index (χ2n) is 7.28. The molecule has 0 bridgehead atoms. The quantitative estimate of drug-likeness (QED) is 0.492. The first-order chi connectivity index (χ1) is 15.9. The van der Waals surface area contributed by atoms with E-state index in [1.165, 1.54) is 31.4 Å². The SMILES string of the molecule is Cc1cc(NC(=O)NCc2cc(C)c(-c3cn(C)nc3C(F)(F)F)nn2)cc(OCC(F)F)n1. The fraction of sp³-hybridized carbons (Fsp3) is 0.350. The van der Waals surface area contributed by atoms with Gasteiger partial charge in [0.1, 0.15) is 0 Å². The Bertz CT molecular complexity index is 1180. The molecule has 0 radical (unpaired) electrons. The molecule has 0 aliphatic heterocycles. The smallest absolute Gasteiger partial charge is 0.435 e. The molecule has 3 aromatic heterocycles. The van der Waals surface area contributed by atoms with Crippen LogP contribution in [-0.4, -0.2) is 44.0 Å². The number of ether oxygens (including phenoxy) is 1. The molecule has 0 saturated heterocycles. The number of urea groups is 1. The Morgan fingerprint density at radius 2 is 1.91 bits per heavy atom. The molecule has 3 rings (SSSR count). The highest BCUT2D eigenvalue weighted by molar-refractivity contribution is 5.89. The Kier molecular flexibility index (Phi) is 7.27. The zero-order valence-electron chi connectivity index (χ0n) is 18.2. The molecule has 0 spiro atoms. The number of hydrogen-bond donors (Lipinski definition) is 2. The largest absolute Gasteiger partial charge is 0.472 e. The van der Waals surface area contributed by atoms with Crippen molar-refractivity contribution in [3.05, 3.63) is 47.0 Å². The van der Waals surface area contributed by atoms with E-state index in [1.54, 1.807) is 13.8 Å². The maximum atomic E-state index is 13.3. The van der Waals surface area contributed by atoms with Crippen molar-refractivity contribution >= 4 is 11.7 Å². The fourth-order valence-corrected chi connectivity index (χ4v) is 3.04. The summed E-state index contributed by atoms with van der Waals surface area (Å²) in [6, 6.07) is 3.67. The van der Waals surface area contributed by atoms with Crippen molar-refractivity contribution in [1.29, 1.82) is 0 Å². The fourth-order valence-electron chi connectivity index (χ4n) is 3.04. The lowest BCUT2D eigenvalue weighted by atomic mass is 10.1. The minimum absolute atomic E-state index is 0.0252. The van der Waals surface area contributed by atoms with E-state index in [0.29, 0.717) is 17.0 Å². The van der Waals surface area contributed by atoms with Gasteiger partial charge in [0.15, 0.2) is 12.3 Å². The molecule has 0 saturated carbocycles. The zero-order valence-corrected chi connectivity index (χ0v) is 18.2. The molecule has 9 nitrogen and oxygen atoms in total. The van der Waals surface area contributed by atoms with Gasteiger partial charge in [-0.1, -0.05) is 0 Å². The Labute approximate surface area is 190 Å². The van der Waals surface area contributed by atoms with Crippen LogP contribution >= 0.6 is 0 Å². The predicted molar refractivity (Wildman–Crippen MR) is 110 cm³/mol. The van der Waals surface area contributed by atoms with Crippen LogP contribution in [0.3, 0.4) is 0 Å². The van der Waals surface area contributed by atoms with Gasteiger partial charge >= 0.3 is 12.2 Å². The number of amides is 2. The van der Waals surface area contributed by atoms with E-state index in [2.05, 4.69) is 30.9 Å². The number of rotatable bonds is 7. The van der Waals surface area contributed by atoms with Gasteiger partial charge in [-0.15, -0.1) is 5.10 Å². The van der Waals surface area contributed by atoms with Crippen molar-refractivity contribution in [3.63, 3.8) is 0 Å². The van der Waals surface area contributed by atoms with Crippen LogP contribution in [0.5, 0.6) is 5.88 Å². The Morgan fingerprint density at radius 3 is 2.56 bits per heavy atom. The van der Waals surface area contributed by atoms with Crippen LogP contribution in [0.2, 0.25) is 0 Å². The van der Waals surface area contributed by atoms with E-state index in [1.807, 2.05) is 0 Å². The third-order valence-corrected chi connectivity index (χ3v) is 4.36. The highest BCUT2D eigenvalue weighted by atomic mass is 19.4. The van der Waals surface area contributed by atoms with Gasteiger partial charge in [-0.2, -0.15) is 23.4 Å². The van der Waals surface area contributed by atoms with E-state index in [-0.39, 0.29) is 29.4 Å². The summed E-state index contributed by atoms with van der Waals surface area (Å²) in [5, 5.41) is 16.3. The van der Waals surface area contributed by atoms with Gasteiger partial charge in [-0.05, 0) is 31.5 Å². The van der Waals surface area contributed by atoms with Crippen molar-refractivity contribution in [1.82, 2.24) is 30.3 Å². The van der Waals surface area contributed by atoms with Gasteiger partial charge in [0.05, 0.1) is 23.5 Å². The van der Waals surface area contributed by atoms with Crippen LogP contribution in [0.1, 0.15) is 22.6 Å². The topological polar surface area (TPSA) is 107 Å². The second-order valence-corrected chi connectivity index (χ2v) is 7.28. The third-order valence-electron chi connectivity index (χ3n) is 4.36. The van der Waals surface area contributed by atoms with E-state index in [4.69, 9.17) is 4.74 Å². The molecule has 0 unspecified atom stereocenters. The summed E-state index contributed by atoms with van der Waals surface area (Å²) in [6.45, 7) is 2.27. The molecule has 3 heterocycles. The zero-order chi connectivity index (χ0) is 25.0. The molecule has 14 heteroatoms. The van der Waals surface area contributed by atoms with Crippen LogP contribution in [0.25, 0.3) is 11.3 Å². The normalized spacial score (nSPS) is 11.6. The van der Waals surface area contributed by atoms with Crippen molar-refractivity contribution in [2.75, 3.05) is 11.9 Å². The van der Waals surface area contributed by atoms with Crippen LogP contribution in [0.4, 0.5) is 32.4 Å². The number of halogens is 5. The van der Waals surface area contributed by atoms with Crippen molar-refractivity contribution in [3.8, 4) is 17.1 Å². The minimum atomic E-state index is -4.65. The number of aromatic nitrogens is 5. The molecule has 0 atom stereocenters. The molecule has 3 aromatic rings. The monoisotopic (exact) mass is 485 g/mol. The van der Waals surface area contributed by atoms with E-state index in [9.17, 15) is 26.7 Å². The number of nitrogens with one attached hydrogen (secondary N) is 2. The van der Waals surface area contributed by atoms with Crippen LogP contribution in [-0.2, 0) is 19.8 Å². The average Bonchev–Trinajstić information content (AvgIpc) is 3.12. The van der Waals surface area contributed by atoms with Gasteiger partial charge in [0, 0.05) is 30.7 Å². The van der Waals surface area contributed by atoms with Crippen LogP contribution in [0.15, 0.2) is 24.4 Å². The first-order valence-corrected chi connectivity index (χ1v) is 9.81. The van der Waals surface area contributed by atoms with Gasteiger partial charge < -0.3 is 15.4 Å². The minimum Gasteiger partial charge on any atom is -0.472 e. The van der Waals surface area contributed by atoms with Crippen LogP contribution < -0.4 is 15.4 Å². The molecule has 2 N–H and O–H groups in total. The number of anilines is 1. The lowest BCUT2D eigenvalue weighted by Crippen LogP contribution is -2.28. The van der Waals surface area contributed by atoms with Gasteiger partial charge in [0.2, 0.25) is 5.88 Å². The molecule has 0 aromatic carbocycles. The number of aryl methyl sites for hydroxylation is 3. The number of carbonyl (C=O) groups excluding carboxylic acids is 1. The van der Waals surface area contributed by atoms with Gasteiger partial charge in [-0.25, -0.2) is 18.6 Å². The standard InChI is InChI=1S/C20H20F5N7O2/c1-10-4-13(29-30-17(10)14-8-32(3)31-18(14)20(23,24)25)7-26-19(33)28-12-5-11(2)27-16(6-12)34-9-15(21)22/h4-6,8,15H,7,9H2,1-3H3,(H2,26,27,28,33). The molecule has 0 fully saturated rings. The second kappa shape index (κ2) is 9.97. The maximum Gasteiger partial charge on any atom is 0.435 e. The van der Waals surface area contributed by atoms with Crippen molar-refractivity contribution in [2.24, 2.45) is 7.05 Å². The molecular weight excluding hydrogens is 465 g/mol. The highest BCUT2D eigenvalue weighted by Gasteiger charge is 2.38. The summed E-state index contributed by atoms with van der Waals surface area (Å²) < 4.78 is 70.3. The predicted octanol–water partition coefficient (Wildman–Crippen LogP) is 3.87. The lowest BCUT2D eigenvalue weighted by molar-refractivity contribution is -0.141. The number of nitrogens with zero attached hydrogens (tertiary/aromatic N) is 5. The summed E-state index contributed by atoms with van der Waals surface area (Å²) in [4.78, 5) is 16.2. The van der Waals surface area contributed by atoms with E-state index in [0.717, 1.165) is 4.68 Å². The molecular formula is C20H20F5N7O2. The third kappa shape index (κ3) is 6.36. The summed E-state index contributed by atoms with van der Waals surface area (Å²) >= 11 is 0. The molecule has 2 amide bonds. The summed E-state index contributed by atoms with van der Waals surface area (Å²) in [5.41, 5.74) is 0.183. The molecule has 0 aliphatic rings. The van der Waals surface area contributed by atoms with E-state index >= 15 is 0 Å². The van der Waals surface area contributed by atoms with Gasteiger partial charge in [0.25, 0.3) is 6.43 Å². The van der Waals surface area contributed by atoms with Crippen LogP contribution in [0, 0.1) is 13.8 Å². The van der Waals surface area contributed by atoms with E-state index < -0.39 is 30.9 Å². The summed E-state index contributed by atoms with van der Waals surface area (Å²) in [5.74, 6) is -0.0682. The number of pyridine rings is 1. The Morgan fingerprint density at radius 1 is 1.18 bits per heavy atom. The number of alkyl halides is 5. The first-order valence-electron chi connectivity index (χ1n) is 9.81. The summed E-state index contributed by atoms with van der Waals surface area (Å²) in [7, 11) is 1.37.